The Labute approximate surface area is 143 Å². The highest BCUT2D eigenvalue weighted by Gasteiger charge is 2.36. The molecule has 1 heterocycles. The number of phenolic OH excluding ortho intramolecular Hbond substituents is 1. The summed E-state index contributed by atoms with van der Waals surface area (Å²) in [5, 5.41) is 10.2. The summed E-state index contributed by atoms with van der Waals surface area (Å²) in [6.07, 6.45) is 1.92. The van der Waals surface area contributed by atoms with Gasteiger partial charge in [-0.05, 0) is 35.4 Å². The number of aromatic hydroxyl groups is 1. The molecular formula is C20H26NO3+. The van der Waals surface area contributed by atoms with Crippen LogP contribution in [0.15, 0.2) is 36.4 Å². The maximum absolute atomic E-state index is 10.2. The van der Waals surface area contributed by atoms with Gasteiger partial charge in [0.1, 0.15) is 11.8 Å². The molecular weight excluding hydrogens is 302 g/mol. The molecule has 24 heavy (non-hydrogen) atoms. The molecule has 0 saturated heterocycles. The topological polar surface area (TPSA) is 38.7 Å². The molecule has 0 amide bonds. The fourth-order valence-electron chi connectivity index (χ4n) is 3.60. The van der Waals surface area contributed by atoms with Crippen LogP contribution >= 0.6 is 0 Å². The molecule has 0 spiro atoms. The van der Waals surface area contributed by atoms with Crippen LogP contribution in [0.5, 0.6) is 17.2 Å². The highest BCUT2D eigenvalue weighted by Crippen LogP contribution is 2.41. The van der Waals surface area contributed by atoms with Crippen molar-refractivity contribution in [2.24, 2.45) is 0 Å². The fourth-order valence-corrected chi connectivity index (χ4v) is 3.60. The molecule has 4 nitrogen and oxygen atoms in total. The molecule has 3 rings (SSSR count). The Morgan fingerprint density at radius 3 is 2.42 bits per heavy atom. The van der Waals surface area contributed by atoms with Gasteiger partial charge in [-0.3, -0.25) is 0 Å². The number of likely N-dealkylation sites (N-methyl/N-ethyl adjacent to an activating group) is 1. The first kappa shape index (κ1) is 16.7. The number of quaternary nitrogens is 1. The number of methoxy groups -OCH3 is 2. The zero-order valence-electron chi connectivity index (χ0n) is 14.9. The number of rotatable bonds is 4. The van der Waals surface area contributed by atoms with Crippen LogP contribution in [-0.2, 0) is 12.8 Å². The number of ether oxygens (including phenoxy) is 2. The Hall–Kier alpha value is -2.20. The lowest BCUT2D eigenvalue weighted by molar-refractivity contribution is -0.923. The van der Waals surface area contributed by atoms with E-state index in [-0.39, 0.29) is 5.75 Å². The summed E-state index contributed by atoms with van der Waals surface area (Å²) in [4.78, 5) is 0. The third-order valence-corrected chi connectivity index (χ3v) is 5.19. The molecule has 1 aliphatic rings. The highest BCUT2D eigenvalue weighted by molar-refractivity contribution is 5.48. The average Bonchev–Trinajstić information content (AvgIpc) is 2.58. The van der Waals surface area contributed by atoms with Crippen molar-refractivity contribution in [3.8, 4) is 17.2 Å². The van der Waals surface area contributed by atoms with E-state index in [0.717, 1.165) is 29.6 Å². The predicted octanol–water partition coefficient (Wildman–Crippen LogP) is 3.33. The first-order valence-electron chi connectivity index (χ1n) is 8.30. The van der Waals surface area contributed by atoms with Crippen LogP contribution in [0.25, 0.3) is 0 Å². The van der Waals surface area contributed by atoms with Crippen LogP contribution < -0.4 is 9.47 Å². The molecule has 0 aliphatic carbocycles. The second-order valence-corrected chi connectivity index (χ2v) is 7.04. The van der Waals surface area contributed by atoms with E-state index in [2.05, 4.69) is 26.2 Å². The van der Waals surface area contributed by atoms with Crippen molar-refractivity contribution in [1.29, 1.82) is 0 Å². The van der Waals surface area contributed by atoms with E-state index in [9.17, 15) is 5.11 Å². The SMILES string of the molecule is COc1ccc(C[C@@H]2c3cc(O)c(OC)cc3CC[N+]2(C)C)cc1. The van der Waals surface area contributed by atoms with E-state index >= 15 is 0 Å². The Kier molecular flexibility index (Phi) is 4.41. The van der Waals surface area contributed by atoms with Crippen molar-refractivity contribution in [2.45, 2.75) is 18.9 Å². The van der Waals surface area contributed by atoms with Crippen molar-refractivity contribution in [3.05, 3.63) is 53.1 Å². The summed E-state index contributed by atoms with van der Waals surface area (Å²) < 4.78 is 11.4. The molecule has 0 aromatic heterocycles. The Morgan fingerprint density at radius 2 is 1.79 bits per heavy atom. The highest BCUT2D eigenvalue weighted by atomic mass is 16.5. The van der Waals surface area contributed by atoms with Gasteiger partial charge in [-0.2, -0.15) is 0 Å². The first-order valence-corrected chi connectivity index (χ1v) is 8.30. The molecule has 0 saturated carbocycles. The summed E-state index contributed by atoms with van der Waals surface area (Å²) in [5.41, 5.74) is 3.77. The monoisotopic (exact) mass is 328 g/mol. The standard InChI is InChI=1S/C20H25NO3/c1-21(2)10-9-15-12-20(24-4)19(22)13-17(15)18(21)11-14-5-7-16(23-3)8-6-14/h5-8,12-13,18H,9-11H2,1-4H3/p+1/t18-/m1/s1. The van der Waals surface area contributed by atoms with Crippen LogP contribution in [-0.4, -0.2) is 44.4 Å². The van der Waals surface area contributed by atoms with Gasteiger partial charge in [0.15, 0.2) is 11.5 Å². The summed E-state index contributed by atoms with van der Waals surface area (Å²) >= 11 is 0. The zero-order valence-corrected chi connectivity index (χ0v) is 14.9. The Balaban J connectivity index is 1.97. The fraction of sp³-hybridized carbons (Fsp3) is 0.400. The number of fused-ring (bicyclic) bond motifs is 1. The number of benzene rings is 2. The Morgan fingerprint density at radius 1 is 1.08 bits per heavy atom. The van der Waals surface area contributed by atoms with Gasteiger partial charge in [0, 0.05) is 18.4 Å². The van der Waals surface area contributed by atoms with Gasteiger partial charge in [0.2, 0.25) is 0 Å². The van der Waals surface area contributed by atoms with Crippen molar-refractivity contribution >= 4 is 0 Å². The maximum Gasteiger partial charge on any atom is 0.160 e. The lowest BCUT2D eigenvalue weighted by Crippen LogP contribution is -2.48. The molecule has 1 N–H and O–H groups in total. The van der Waals surface area contributed by atoms with Gasteiger partial charge < -0.3 is 19.1 Å². The number of phenols is 1. The van der Waals surface area contributed by atoms with Crippen LogP contribution in [0.4, 0.5) is 0 Å². The molecule has 4 heteroatoms. The number of hydrogen-bond donors (Lipinski definition) is 1. The van der Waals surface area contributed by atoms with Gasteiger partial charge in [-0.15, -0.1) is 0 Å². The van der Waals surface area contributed by atoms with E-state index in [1.807, 2.05) is 24.3 Å². The number of hydrogen-bond acceptors (Lipinski definition) is 3. The van der Waals surface area contributed by atoms with Crippen molar-refractivity contribution in [1.82, 2.24) is 0 Å². The van der Waals surface area contributed by atoms with Gasteiger partial charge in [0.05, 0.1) is 34.9 Å². The average molecular weight is 328 g/mol. The minimum atomic E-state index is 0.220. The molecule has 2 aromatic carbocycles. The van der Waals surface area contributed by atoms with Crippen LogP contribution in [0, 0.1) is 0 Å². The van der Waals surface area contributed by atoms with Crippen LogP contribution in [0.3, 0.4) is 0 Å². The van der Waals surface area contributed by atoms with Gasteiger partial charge in [-0.25, -0.2) is 0 Å². The normalized spacial score (nSPS) is 18.8. The molecule has 0 radical (unpaired) electrons. The van der Waals surface area contributed by atoms with Gasteiger partial charge in [-0.1, -0.05) is 12.1 Å². The summed E-state index contributed by atoms with van der Waals surface area (Å²) in [5.74, 6) is 1.65. The number of nitrogens with zero attached hydrogens (tertiary/aromatic N) is 1. The molecule has 1 atom stereocenters. The molecule has 128 valence electrons. The second kappa shape index (κ2) is 6.36. The minimum Gasteiger partial charge on any atom is -0.504 e. The van der Waals surface area contributed by atoms with E-state index in [0.29, 0.717) is 11.8 Å². The second-order valence-electron chi connectivity index (χ2n) is 7.04. The van der Waals surface area contributed by atoms with Gasteiger partial charge >= 0.3 is 0 Å². The lowest BCUT2D eigenvalue weighted by atomic mass is 9.87. The smallest absolute Gasteiger partial charge is 0.160 e. The van der Waals surface area contributed by atoms with Crippen molar-refractivity contribution in [2.75, 3.05) is 34.9 Å². The van der Waals surface area contributed by atoms with Crippen LogP contribution in [0.1, 0.15) is 22.7 Å². The molecule has 0 bridgehead atoms. The quantitative estimate of drug-likeness (QED) is 0.875. The van der Waals surface area contributed by atoms with E-state index in [1.54, 1.807) is 14.2 Å². The molecule has 0 unspecified atom stereocenters. The summed E-state index contributed by atoms with van der Waals surface area (Å²) in [6, 6.07) is 12.4. The van der Waals surface area contributed by atoms with Crippen LogP contribution in [0.2, 0.25) is 0 Å². The van der Waals surface area contributed by atoms with E-state index in [1.165, 1.54) is 16.7 Å². The van der Waals surface area contributed by atoms with E-state index in [4.69, 9.17) is 9.47 Å². The molecule has 2 aromatic rings. The summed E-state index contributed by atoms with van der Waals surface area (Å²) in [6.45, 7) is 1.07. The molecule has 1 aliphatic heterocycles. The van der Waals surface area contributed by atoms with E-state index < -0.39 is 0 Å². The Bertz CT molecular complexity index is 722. The largest absolute Gasteiger partial charge is 0.504 e. The minimum absolute atomic E-state index is 0.220. The van der Waals surface area contributed by atoms with Gasteiger partial charge in [0.25, 0.3) is 0 Å². The lowest BCUT2D eigenvalue weighted by Gasteiger charge is -2.43. The summed E-state index contributed by atoms with van der Waals surface area (Å²) in [7, 11) is 7.80. The van der Waals surface area contributed by atoms with Crippen molar-refractivity contribution in [3.63, 3.8) is 0 Å². The third kappa shape index (κ3) is 3.06. The first-order chi connectivity index (χ1) is 11.4. The maximum atomic E-state index is 10.2. The third-order valence-electron chi connectivity index (χ3n) is 5.19. The van der Waals surface area contributed by atoms with Crippen molar-refractivity contribution < 1.29 is 19.1 Å². The molecule has 0 fully saturated rings. The predicted molar refractivity (Wildman–Crippen MR) is 94.8 cm³/mol. The zero-order chi connectivity index (χ0) is 17.3.